The van der Waals surface area contributed by atoms with Crippen molar-refractivity contribution < 1.29 is 22.4 Å². The molecule has 144 valence electrons. The van der Waals surface area contributed by atoms with Gasteiger partial charge in [-0.15, -0.1) is 0 Å². The van der Waals surface area contributed by atoms with Crippen LogP contribution in [0.2, 0.25) is 5.02 Å². The van der Waals surface area contributed by atoms with Gasteiger partial charge in [0.05, 0.1) is 27.9 Å². The lowest BCUT2D eigenvalue weighted by atomic mass is 10.3. The van der Waals surface area contributed by atoms with Gasteiger partial charge in [0.2, 0.25) is 5.91 Å². The normalized spacial score (nSPS) is 12.8. The average molecular weight is 461 g/mol. The van der Waals surface area contributed by atoms with Crippen molar-refractivity contribution in [1.29, 1.82) is 0 Å². The number of aromatic nitrogens is 4. The molecule has 1 amide bonds. The fraction of sp³-hybridized carbons (Fsp3) is 0.500. The largest absolute Gasteiger partial charge is 0.349 e. The lowest BCUT2D eigenvalue weighted by Gasteiger charge is -2.16. The molecule has 1 unspecified atom stereocenters. The lowest BCUT2D eigenvalue weighted by molar-refractivity contribution is -0.124. The zero-order chi connectivity index (χ0) is 19.6. The van der Waals surface area contributed by atoms with Gasteiger partial charge in [-0.05, 0) is 29.8 Å². The Kier molecular flexibility index (Phi) is 6.67. The smallest absolute Gasteiger partial charge is 0.283 e. The van der Waals surface area contributed by atoms with E-state index in [1.165, 1.54) is 6.92 Å². The van der Waals surface area contributed by atoms with E-state index in [1.807, 2.05) is 6.92 Å². The molecule has 0 aliphatic heterocycles. The van der Waals surface area contributed by atoms with Crippen LogP contribution in [0.4, 0.5) is 17.6 Å². The van der Waals surface area contributed by atoms with E-state index in [4.69, 9.17) is 11.6 Å². The summed E-state index contributed by atoms with van der Waals surface area (Å²) >= 11 is 8.89. The summed E-state index contributed by atoms with van der Waals surface area (Å²) in [5.41, 5.74) is -1.22. The Morgan fingerprint density at radius 3 is 2.54 bits per heavy atom. The first-order chi connectivity index (χ1) is 12.2. The molecule has 26 heavy (non-hydrogen) atoms. The molecule has 1 N–H and O–H groups in total. The fourth-order valence-corrected chi connectivity index (χ4v) is 3.07. The zero-order valence-corrected chi connectivity index (χ0v) is 16.0. The second-order valence-electron chi connectivity index (χ2n) is 5.28. The number of carbonyl (C=O) groups is 1. The summed E-state index contributed by atoms with van der Waals surface area (Å²) < 4.78 is 55.0. The van der Waals surface area contributed by atoms with Crippen LogP contribution in [-0.4, -0.2) is 25.5 Å². The number of aryl methyl sites for hydroxylation is 1. The Bertz CT molecular complexity index is 795. The molecule has 0 bridgehead atoms. The summed E-state index contributed by atoms with van der Waals surface area (Å²) in [6.07, 6.45) is -4.73. The number of halogens is 6. The van der Waals surface area contributed by atoms with E-state index in [1.54, 1.807) is 10.9 Å². The molecule has 12 heteroatoms. The number of amides is 1. The maximum Gasteiger partial charge on any atom is 0.283 e. The van der Waals surface area contributed by atoms with Gasteiger partial charge in [-0.2, -0.15) is 10.2 Å². The van der Waals surface area contributed by atoms with E-state index < -0.39 is 41.2 Å². The maximum atomic E-state index is 13.2. The van der Waals surface area contributed by atoms with Crippen molar-refractivity contribution in [3.63, 3.8) is 0 Å². The summed E-state index contributed by atoms with van der Waals surface area (Å²) in [4.78, 5) is 12.3. The van der Waals surface area contributed by atoms with Gasteiger partial charge in [-0.25, -0.2) is 22.2 Å². The van der Waals surface area contributed by atoms with E-state index in [9.17, 15) is 22.4 Å². The van der Waals surface area contributed by atoms with Crippen LogP contribution >= 0.6 is 27.5 Å². The highest BCUT2D eigenvalue weighted by Gasteiger charge is 2.31. The summed E-state index contributed by atoms with van der Waals surface area (Å²) in [7, 11) is 0. The Hall–Kier alpha value is -1.62. The Balaban J connectivity index is 2.22. The van der Waals surface area contributed by atoms with Crippen molar-refractivity contribution >= 4 is 33.4 Å². The van der Waals surface area contributed by atoms with Crippen LogP contribution in [0.25, 0.3) is 0 Å². The summed E-state index contributed by atoms with van der Waals surface area (Å²) in [6.45, 7) is 3.76. The molecule has 0 spiro atoms. The molecule has 0 fully saturated rings. The first-order valence-corrected chi connectivity index (χ1v) is 8.68. The number of nitrogens with zero attached hydrogens (tertiary/aromatic N) is 4. The van der Waals surface area contributed by atoms with Gasteiger partial charge in [-0.1, -0.05) is 11.6 Å². The average Bonchev–Trinajstić information content (AvgIpc) is 3.11. The van der Waals surface area contributed by atoms with Gasteiger partial charge in [0.15, 0.2) is 0 Å². The third kappa shape index (κ3) is 4.03. The maximum absolute atomic E-state index is 13.2. The van der Waals surface area contributed by atoms with Crippen molar-refractivity contribution in [2.24, 2.45) is 0 Å². The first-order valence-electron chi connectivity index (χ1n) is 7.50. The van der Waals surface area contributed by atoms with Crippen molar-refractivity contribution in [2.45, 2.75) is 45.8 Å². The molecule has 0 aliphatic rings. The minimum Gasteiger partial charge on any atom is -0.349 e. The third-order valence-corrected chi connectivity index (χ3v) is 4.75. The number of carbonyl (C=O) groups excluding carboxylic acids is 1. The molecular weight excluding hydrogens is 446 g/mol. The Morgan fingerprint density at radius 2 is 2.00 bits per heavy atom. The van der Waals surface area contributed by atoms with Gasteiger partial charge >= 0.3 is 0 Å². The van der Waals surface area contributed by atoms with E-state index in [2.05, 4.69) is 31.4 Å². The summed E-state index contributed by atoms with van der Waals surface area (Å²) in [6, 6.07) is -1.26. The zero-order valence-electron chi connectivity index (χ0n) is 13.7. The van der Waals surface area contributed by atoms with Crippen molar-refractivity contribution in [2.75, 3.05) is 0 Å². The Morgan fingerprint density at radius 1 is 1.35 bits per heavy atom. The number of hydrogen-bond acceptors (Lipinski definition) is 3. The van der Waals surface area contributed by atoms with Crippen LogP contribution in [0.5, 0.6) is 0 Å². The lowest BCUT2D eigenvalue weighted by Crippen LogP contribution is -2.32. The van der Waals surface area contributed by atoms with Crippen LogP contribution in [0, 0.1) is 0 Å². The fourth-order valence-electron chi connectivity index (χ4n) is 2.34. The summed E-state index contributed by atoms with van der Waals surface area (Å²) in [5, 5.41) is 9.23. The SMILES string of the molecule is CCn1ncc(Br)c1CNC(=O)C(C)n1nc(C(F)F)c(Cl)c1C(F)F. The number of alkyl halides is 4. The predicted molar refractivity (Wildman–Crippen MR) is 89.3 cm³/mol. The third-order valence-electron chi connectivity index (χ3n) is 3.70. The minimum atomic E-state index is -3.16. The number of hydrogen-bond donors (Lipinski definition) is 1. The predicted octanol–water partition coefficient (Wildman–Crippen LogP) is 4.27. The molecule has 0 saturated heterocycles. The summed E-state index contributed by atoms with van der Waals surface area (Å²) in [5.74, 6) is -0.678. The molecule has 2 aromatic heterocycles. The molecule has 6 nitrogen and oxygen atoms in total. The van der Waals surface area contributed by atoms with Crippen LogP contribution in [0.3, 0.4) is 0 Å². The van der Waals surface area contributed by atoms with Crippen LogP contribution in [0.1, 0.15) is 49.8 Å². The number of nitrogens with one attached hydrogen (secondary N) is 1. The van der Waals surface area contributed by atoms with Gasteiger partial charge in [-0.3, -0.25) is 9.48 Å². The van der Waals surface area contributed by atoms with E-state index in [-0.39, 0.29) is 6.54 Å². The molecule has 0 aliphatic carbocycles. The van der Waals surface area contributed by atoms with E-state index in [0.717, 1.165) is 0 Å². The molecule has 2 heterocycles. The first kappa shape index (κ1) is 20.7. The number of rotatable bonds is 7. The highest BCUT2D eigenvalue weighted by Crippen LogP contribution is 2.36. The molecule has 0 radical (unpaired) electrons. The van der Waals surface area contributed by atoms with Gasteiger partial charge in [0, 0.05) is 6.54 Å². The van der Waals surface area contributed by atoms with Crippen LogP contribution < -0.4 is 5.32 Å². The van der Waals surface area contributed by atoms with Gasteiger partial charge in [0.25, 0.3) is 12.9 Å². The molecule has 2 rings (SSSR count). The van der Waals surface area contributed by atoms with Gasteiger partial charge in [0.1, 0.15) is 17.4 Å². The van der Waals surface area contributed by atoms with Crippen molar-refractivity contribution in [3.8, 4) is 0 Å². The van der Waals surface area contributed by atoms with E-state index >= 15 is 0 Å². The monoisotopic (exact) mass is 459 g/mol. The highest BCUT2D eigenvalue weighted by atomic mass is 79.9. The van der Waals surface area contributed by atoms with Crippen molar-refractivity contribution in [3.05, 3.63) is 32.8 Å². The molecular formula is C14H15BrClF4N5O. The quantitative estimate of drug-likeness (QED) is 0.628. The molecule has 0 aromatic carbocycles. The highest BCUT2D eigenvalue weighted by molar-refractivity contribution is 9.10. The topological polar surface area (TPSA) is 64.7 Å². The van der Waals surface area contributed by atoms with Crippen LogP contribution in [-0.2, 0) is 17.9 Å². The minimum absolute atomic E-state index is 0.0678. The van der Waals surface area contributed by atoms with Gasteiger partial charge < -0.3 is 5.32 Å². The molecule has 0 saturated carbocycles. The second kappa shape index (κ2) is 8.38. The standard InChI is InChI=1S/C14H15BrClF4N5O/c1-3-24-8(7(15)4-22-24)5-21-14(26)6(2)25-11(13(19)20)9(16)10(23-25)12(17)18/h4,6,12-13H,3,5H2,1-2H3,(H,21,26). The molecule has 1 atom stereocenters. The van der Waals surface area contributed by atoms with Crippen LogP contribution in [0.15, 0.2) is 10.7 Å². The molecule has 2 aromatic rings. The van der Waals surface area contributed by atoms with Crippen molar-refractivity contribution in [1.82, 2.24) is 24.9 Å². The second-order valence-corrected chi connectivity index (χ2v) is 6.51. The Labute approximate surface area is 159 Å². The van der Waals surface area contributed by atoms with E-state index in [0.29, 0.717) is 21.4 Å².